The van der Waals surface area contributed by atoms with Gasteiger partial charge in [0.1, 0.15) is 10.6 Å². The maximum atomic E-state index is 12.5. The number of rotatable bonds is 5. The molecule has 0 fully saturated rings. The Bertz CT molecular complexity index is 1400. The highest BCUT2D eigenvalue weighted by atomic mass is 35.5. The number of anilines is 1. The molecule has 1 aromatic heterocycles. The average Bonchev–Trinajstić information content (AvgIpc) is 3.18. The van der Waals surface area contributed by atoms with Crippen LogP contribution < -0.4 is 15.5 Å². The van der Waals surface area contributed by atoms with Crippen molar-refractivity contribution < 1.29 is 19.1 Å². The topological polar surface area (TPSA) is 96.9 Å². The minimum absolute atomic E-state index is 0.331. The third-order valence-corrected chi connectivity index (χ3v) is 6.36. The van der Waals surface area contributed by atoms with E-state index in [0.29, 0.717) is 26.9 Å². The van der Waals surface area contributed by atoms with Crippen LogP contribution >= 0.6 is 22.9 Å². The second-order valence-corrected chi connectivity index (χ2v) is 8.65. The molecule has 3 aromatic carbocycles. The van der Waals surface area contributed by atoms with Crippen molar-refractivity contribution in [1.82, 2.24) is 5.43 Å². The number of hydrazone groups is 1. The minimum Gasteiger partial charge on any atom is -0.422 e. The quantitative estimate of drug-likeness (QED) is 0.132. The molecular formula is C25H18ClN3O4S. The van der Waals surface area contributed by atoms with Crippen LogP contribution in [0.15, 0.2) is 77.9 Å². The number of amides is 2. The Balaban J connectivity index is 1.31. The summed E-state index contributed by atoms with van der Waals surface area (Å²) in [5, 5.41) is 7.45. The van der Waals surface area contributed by atoms with Gasteiger partial charge in [-0.1, -0.05) is 47.5 Å². The first-order valence-electron chi connectivity index (χ1n) is 10.1. The van der Waals surface area contributed by atoms with Crippen molar-refractivity contribution in [3.63, 3.8) is 0 Å². The lowest BCUT2D eigenvalue weighted by atomic mass is 10.2. The van der Waals surface area contributed by atoms with E-state index in [2.05, 4.69) is 15.8 Å². The van der Waals surface area contributed by atoms with E-state index in [9.17, 15) is 14.4 Å². The van der Waals surface area contributed by atoms with Gasteiger partial charge in [-0.15, -0.1) is 11.3 Å². The number of fused-ring (bicyclic) bond motifs is 1. The van der Waals surface area contributed by atoms with Gasteiger partial charge in [-0.3, -0.25) is 9.59 Å². The Labute approximate surface area is 204 Å². The van der Waals surface area contributed by atoms with Crippen molar-refractivity contribution in [1.29, 1.82) is 0 Å². The van der Waals surface area contributed by atoms with E-state index in [1.54, 1.807) is 36.4 Å². The average molecular weight is 492 g/mol. The van der Waals surface area contributed by atoms with Crippen LogP contribution in [0.5, 0.6) is 5.75 Å². The zero-order valence-corrected chi connectivity index (χ0v) is 19.4. The van der Waals surface area contributed by atoms with Crippen molar-refractivity contribution >= 4 is 62.7 Å². The van der Waals surface area contributed by atoms with Crippen molar-refractivity contribution in [3.8, 4) is 5.75 Å². The number of aryl methyl sites for hydroxylation is 1. The second-order valence-electron chi connectivity index (χ2n) is 7.22. The molecule has 4 aromatic rings. The van der Waals surface area contributed by atoms with Crippen LogP contribution in [0.2, 0.25) is 5.02 Å². The van der Waals surface area contributed by atoms with E-state index < -0.39 is 17.8 Å². The maximum Gasteiger partial charge on any atom is 0.355 e. The van der Waals surface area contributed by atoms with Gasteiger partial charge in [0.05, 0.1) is 11.2 Å². The third kappa shape index (κ3) is 5.48. The van der Waals surface area contributed by atoms with Gasteiger partial charge >= 0.3 is 17.8 Å². The third-order valence-electron chi connectivity index (χ3n) is 4.71. The highest BCUT2D eigenvalue weighted by Gasteiger charge is 2.19. The number of carbonyl (C=O) groups is 3. The van der Waals surface area contributed by atoms with E-state index in [1.165, 1.54) is 17.6 Å². The molecule has 0 bridgehead atoms. The summed E-state index contributed by atoms with van der Waals surface area (Å²) >= 11 is 7.60. The van der Waals surface area contributed by atoms with Gasteiger partial charge in [0.15, 0.2) is 0 Å². The van der Waals surface area contributed by atoms with Crippen molar-refractivity contribution in [2.24, 2.45) is 5.10 Å². The number of ether oxygens (including phenoxy) is 1. The van der Waals surface area contributed by atoms with Crippen LogP contribution in [-0.2, 0) is 9.59 Å². The molecule has 0 aliphatic heterocycles. The zero-order valence-electron chi connectivity index (χ0n) is 17.9. The number of esters is 1. The lowest BCUT2D eigenvalue weighted by molar-refractivity contribution is -0.136. The highest BCUT2D eigenvalue weighted by Crippen LogP contribution is 2.35. The first kappa shape index (κ1) is 23.2. The SMILES string of the molecule is Cc1ccc(NC(=O)C(=O)N/N=C/c2ccc(OC(=O)c3sc4ccccc4c3Cl)cc2)cc1. The number of carbonyl (C=O) groups excluding carboxylic acids is 3. The normalized spacial score (nSPS) is 10.9. The molecule has 34 heavy (non-hydrogen) atoms. The zero-order chi connectivity index (χ0) is 24.1. The molecule has 0 spiro atoms. The predicted octanol–water partition coefficient (Wildman–Crippen LogP) is 5.17. The molecule has 1 heterocycles. The number of nitrogens with zero attached hydrogens (tertiary/aromatic N) is 1. The molecule has 2 N–H and O–H groups in total. The summed E-state index contributed by atoms with van der Waals surface area (Å²) in [7, 11) is 0. The molecule has 9 heteroatoms. The summed E-state index contributed by atoms with van der Waals surface area (Å²) in [6.07, 6.45) is 1.37. The van der Waals surface area contributed by atoms with Gasteiger partial charge in [0.25, 0.3) is 0 Å². The summed E-state index contributed by atoms with van der Waals surface area (Å²) < 4.78 is 6.33. The molecule has 2 amide bonds. The number of benzene rings is 3. The fraction of sp³-hybridized carbons (Fsp3) is 0.0400. The second kappa shape index (κ2) is 10.3. The van der Waals surface area contributed by atoms with Gasteiger partial charge in [0.2, 0.25) is 0 Å². The molecule has 7 nitrogen and oxygen atoms in total. The molecule has 0 saturated carbocycles. The fourth-order valence-electron chi connectivity index (χ4n) is 2.96. The van der Waals surface area contributed by atoms with Crippen LogP contribution in [0.25, 0.3) is 10.1 Å². The molecule has 0 radical (unpaired) electrons. The number of hydrogen-bond donors (Lipinski definition) is 2. The molecular weight excluding hydrogens is 474 g/mol. The van der Waals surface area contributed by atoms with Crippen LogP contribution in [0.3, 0.4) is 0 Å². The van der Waals surface area contributed by atoms with E-state index in [4.69, 9.17) is 16.3 Å². The van der Waals surface area contributed by atoms with Crippen molar-refractivity contribution in [3.05, 3.63) is 93.8 Å². The number of thiophene rings is 1. The molecule has 0 saturated heterocycles. The Hall–Kier alpha value is -4.01. The Morgan fingerprint density at radius 3 is 2.35 bits per heavy atom. The first-order chi connectivity index (χ1) is 16.4. The van der Waals surface area contributed by atoms with E-state index in [-0.39, 0.29) is 0 Å². The minimum atomic E-state index is -0.900. The summed E-state index contributed by atoms with van der Waals surface area (Å²) in [4.78, 5) is 36.7. The lowest BCUT2D eigenvalue weighted by Crippen LogP contribution is -2.32. The van der Waals surface area contributed by atoms with E-state index in [1.807, 2.05) is 43.3 Å². The molecule has 0 aliphatic rings. The van der Waals surface area contributed by atoms with E-state index in [0.717, 1.165) is 15.6 Å². The summed E-state index contributed by atoms with van der Waals surface area (Å²) in [5.74, 6) is -1.94. The summed E-state index contributed by atoms with van der Waals surface area (Å²) in [6.45, 7) is 1.92. The van der Waals surface area contributed by atoms with Crippen LogP contribution in [0.4, 0.5) is 5.69 Å². The monoisotopic (exact) mass is 491 g/mol. The van der Waals surface area contributed by atoms with Crippen LogP contribution in [0.1, 0.15) is 20.8 Å². The smallest absolute Gasteiger partial charge is 0.355 e. The lowest BCUT2D eigenvalue weighted by Gasteiger charge is -2.04. The maximum absolute atomic E-state index is 12.5. The van der Waals surface area contributed by atoms with Crippen LogP contribution in [-0.4, -0.2) is 24.0 Å². The van der Waals surface area contributed by atoms with Gasteiger partial charge < -0.3 is 10.1 Å². The van der Waals surface area contributed by atoms with Gasteiger partial charge in [-0.2, -0.15) is 5.10 Å². The van der Waals surface area contributed by atoms with Gasteiger partial charge in [-0.05, 0) is 55.0 Å². The Kier molecular flexibility index (Phi) is 7.01. The standard InChI is InChI=1S/C25H18ClN3O4S/c1-15-6-10-17(11-7-15)28-23(30)24(31)29-27-14-16-8-12-18(13-9-16)33-25(32)22-21(26)19-4-2-3-5-20(19)34-22/h2-14H,1H3,(H,28,30)(H,29,31)/b27-14+. The first-order valence-corrected chi connectivity index (χ1v) is 11.3. The highest BCUT2D eigenvalue weighted by molar-refractivity contribution is 7.21. The Morgan fingerprint density at radius 1 is 0.941 bits per heavy atom. The summed E-state index contributed by atoms with van der Waals surface area (Å²) in [5.41, 5.74) is 4.34. The van der Waals surface area contributed by atoms with Crippen molar-refractivity contribution in [2.45, 2.75) is 6.92 Å². The molecule has 170 valence electrons. The Morgan fingerprint density at radius 2 is 1.65 bits per heavy atom. The number of nitrogens with one attached hydrogen (secondary N) is 2. The largest absolute Gasteiger partial charge is 0.422 e. The molecule has 0 aliphatic carbocycles. The predicted molar refractivity (Wildman–Crippen MR) is 134 cm³/mol. The molecule has 0 unspecified atom stereocenters. The number of halogens is 1. The van der Waals surface area contributed by atoms with Gasteiger partial charge in [-0.25, -0.2) is 10.2 Å². The van der Waals surface area contributed by atoms with Crippen molar-refractivity contribution in [2.75, 3.05) is 5.32 Å². The van der Waals surface area contributed by atoms with Gasteiger partial charge in [0, 0.05) is 15.8 Å². The molecule has 4 rings (SSSR count). The number of hydrogen-bond acceptors (Lipinski definition) is 6. The molecule has 0 atom stereocenters. The van der Waals surface area contributed by atoms with Crippen LogP contribution in [0, 0.1) is 6.92 Å². The summed E-state index contributed by atoms with van der Waals surface area (Å²) in [6, 6.07) is 21.0. The fourth-order valence-corrected chi connectivity index (χ4v) is 4.35. The van der Waals surface area contributed by atoms with E-state index >= 15 is 0 Å².